The van der Waals surface area contributed by atoms with Crippen molar-refractivity contribution in [2.45, 2.75) is 106 Å². The standard InChI is InChI=1S/C29H46O/c1-7-21(19(2)3)9-8-20(4)25-12-13-26-24-11-10-22-18-23(30)14-16-28(22,5)27(24)15-17-29(25,26)6/h7,11,19-20,22,25-27H,8-10,12-18H2,1-6H3. The Morgan fingerprint density at radius 2 is 1.83 bits per heavy atom. The molecule has 4 aliphatic carbocycles. The Bertz CT molecular complexity index is 727. The van der Waals surface area contributed by atoms with Crippen molar-refractivity contribution in [3.8, 4) is 0 Å². The van der Waals surface area contributed by atoms with Crippen molar-refractivity contribution in [3.05, 3.63) is 23.3 Å². The molecule has 0 saturated heterocycles. The van der Waals surface area contributed by atoms with Crippen LogP contribution in [0, 0.1) is 46.3 Å². The highest BCUT2D eigenvalue weighted by atomic mass is 16.1. The van der Waals surface area contributed by atoms with Crippen LogP contribution in [0.1, 0.15) is 106 Å². The Kier molecular flexibility index (Phi) is 6.15. The molecule has 7 atom stereocenters. The molecule has 3 saturated carbocycles. The molecule has 0 amide bonds. The van der Waals surface area contributed by atoms with Crippen LogP contribution >= 0.6 is 0 Å². The lowest BCUT2D eigenvalue weighted by Gasteiger charge is -2.57. The molecule has 4 aliphatic rings. The van der Waals surface area contributed by atoms with E-state index < -0.39 is 0 Å². The number of carbonyl (C=O) groups is 1. The van der Waals surface area contributed by atoms with Crippen molar-refractivity contribution in [2.75, 3.05) is 0 Å². The van der Waals surface area contributed by atoms with Crippen LogP contribution in [0.25, 0.3) is 0 Å². The molecule has 0 aromatic rings. The van der Waals surface area contributed by atoms with Crippen LogP contribution in [0.3, 0.4) is 0 Å². The van der Waals surface area contributed by atoms with Crippen LogP contribution in [-0.4, -0.2) is 5.78 Å². The average Bonchev–Trinajstić information content (AvgIpc) is 3.06. The largest absolute Gasteiger partial charge is 0.300 e. The SMILES string of the molecule is CC=C(CCC(C)C1CCC2C3=CCC4CC(=O)CCC4(C)C3CCC21C)C(C)C. The lowest BCUT2D eigenvalue weighted by molar-refractivity contribution is -0.127. The Labute approximate surface area is 186 Å². The van der Waals surface area contributed by atoms with Crippen LogP contribution in [-0.2, 0) is 4.79 Å². The van der Waals surface area contributed by atoms with Gasteiger partial charge in [0.05, 0.1) is 0 Å². The quantitative estimate of drug-likeness (QED) is 0.418. The fourth-order valence-electron chi connectivity index (χ4n) is 8.64. The fraction of sp³-hybridized carbons (Fsp3) is 0.828. The van der Waals surface area contributed by atoms with Crippen LogP contribution in [0.5, 0.6) is 0 Å². The highest BCUT2D eigenvalue weighted by Gasteiger charge is 2.58. The minimum Gasteiger partial charge on any atom is -0.300 e. The number of hydrogen-bond acceptors (Lipinski definition) is 1. The number of rotatable bonds is 5. The van der Waals surface area contributed by atoms with Gasteiger partial charge in [-0.05, 0) is 105 Å². The summed E-state index contributed by atoms with van der Waals surface area (Å²) >= 11 is 0. The van der Waals surface area contributed by atoms with E-state index in [1.54, 1.807) is 5.57 Å². The van der Waals surface area contributed by atoms with E-state index in [-0.39, 0.29) is 0 Å². The molecule has 3 fully saturated rings. The summed E-state index contributed by atoms with van der Waals surface area (Å²) in [5, 5.41) is 0. The summed E-state index contributed by atoms with van der Waals surface area (Å²) in [6.07, 6.45) is 17.3. The van der Waals surface area contributed by atoms with Crippen molar-refractivity contribution in [2.24, 2.45) is 46.3 Å². The zero-order valence-corrected chi connectivity index (χ0v) is 20.6. The minimum atomic E-state index is 0.390. The third kappa shape index (κ3) is 3.57. The number of fused-ring (bicyclic) bond motifs is 5. The Balaban J connectivity index is 1.50. The second-order valence-corrected chi connectivity index (χ2v) is 12.3. The highest BCUT2D eigenvalue weighted by Crippen LogP contribution is 2.66. The second-order valence-electron chi connectivity index (χ2n) is 12.3. The molecule has 0 spiro atoms. The first-order valence-corrected chi connectivity index (χ1v) is 13.1. The van der Waals surface area contributed by atoms with Crippen molar-refractivity contribution < 1.29 is 4.79 Å². The first kappa shape index (κ1) is 22.3. The summed E-state index contributed by atoms with van der Waals surface area (Å²) in [6.45, 7) is 14.7. The monoisotopic (exact) mass is 410 g/mol. The van der Waals surface area contributed by atoms with E-state index in [1.165, 1.54) is 44.9 Å². The number of allylic oxidation sites excluding steroid dienone is 4. The fourth-order valence-corrected chi connectivity index (χ4v) is 8.64. The normalized spacial score (nSPS) is 42.4. The Morgan fingerprint density at radius 3 is 2.53 bits per heavy atom. The number of carbonyl (C=O) groups excluding carboxylic acids is 1. The molecule has 0 aliphatic heterocycles. The predicted molar refractivity (Wildman–Crippen MR) is 127 cm³/mol. The third-order valence-electron chi connectivity index (χ3n) is 10.7. The maximum Gasteiger partial charge on any atom is 0.133 e. The zero-order valence-electron chi connectivity index (χ0n) is 20.6. The van der Waals surface area contributed by atoms with E-state index >= 15 is 0 Å². The van der Waals surface area contributed by atoms with Gasteiger partial charge in [-0.3, -0.25) is 4.79 Å². The van der Waals surface area contributed by atoms with Crippen molar-refractivity contribution in [3.63, 3.8) is 0 Å². The van der Waals surface area contributed by atoms with E-state index in [2.05, 4.69) is 53.7 Å². The number of ketones is 1. The molecule has 30 heavy (non-hydrogen) atoms. The van der Waals surface area contributed by atoms with Gasteiger partial charge in [0.2, 0.25) is 0 Å². The molecule has 1 heteroatoms. The second kappa shape index (κ2) is 8.25. The van der Waals surface area contributed by atoms with Gasteiger partial charge in [-0.1, -0.05) is 57.9 Å². The number of hydrogen-bond donors (Lipinski definition) is 0. The molecule has 0 radical (unpaired) electrons. The van der Waals surface area contributed by atoms with Gasteiger partial charge in [-0.15, -0.1) is 0 Å². The van der Waals surface area contributed by atoms with Gasteiger partial charge in [0.25, 0.3) is 0 Å². The van der Waals surface area contributed by atoms with Gasteiger partial charge in [-0.25, -0.2) is 0 Å². The molecule has 1 nitrogen and oxygen atoms in total. The molecular weight excluding hydrogens is 364 g/mol. The highest BCUT2D eigenvalue weighted by molar-refractivity contribution is 5.79. The van der Waals surface area contributed by atoms with E-state index in [4.69, 9.17) is 0 Å². The first-order valence-electron chi connectivity index (χ1n) is 13.1. The van der Waals surface area contributed by atoms with Gasteiger partial charge in [-0.2, -0.15) is 0 Å². The minimum absolute atomic E-state index is 0.390. The van der Waals surface area contributed by atoms with Crippen molar-refractivity contribution in [1.29, 1.82) is 0 Å². The molecule has 4 rings (SSSR count). The zero-order chi connectivity index (χ0) is 21.7. The van der Waals surface area contributed by atoms with Crippen LogP contribution in [0.15, 0.2) is 23.3 Å². The molecule has 0 aromatic carbocycles. The maximum atomic E-state index is 12.1. The number of Topliss-reactive ketones (excluding diaryl/α,β-unsaturated/α-hetero) is 1. The molecule has 0 aromatic heterocycles. The van der Waals surface area contributed by atoms with E-state index in [1.807, 2.05) is 5.57 Å². The molecule has 7 unspecified atom stereocenters. The van der Waals surface area contributed by atoms with Crippen LogP contribution in [0.4, 0.5) is 0 Å². The van der Waals surface area contributed by atoms with E-state index in [9.17, 15) is 4.79 Å². The van der Waals surface area contributed by atoms with Gasteiger partial charge < -0.3 is 0 Å². The third-order valence-corrected chi connectivity index (χ3v) is 10.7. The topological polar surface area (TPSA) is 17.1 Å². The summed E-state index contributed by atoms with van der Waals surface area (Å²) in [4.78, 5) is 12.1. The van der Waals surface area contributed by atoms with Gasteiger partial charge in [0.1, 0.15) is 5.78 Å². The maximum absolute atomic E-state index is 12.1. The van der Waals surface area contributed by atoms with Gasteiger partial charge in [0.15, 0.2) is 0 Å². The first-order chi connectivity index (χ1) is 14.2. The predicted octanol–water partition coefficient (Wildman–Crippen LogP) is 8.15. The summed E-state index contributed by atoms with van der Waals surface area (Å²) in [5.74, 6) is 5.10. The Morgan fingerprint density at radius 1 is 1.10 bits per heavy atom. The summed E-state index contributed by atoms with van der Waals surface area (Å²) in [7, 11) is 0. The Hall–Kier alpha value is -0.850. The smallest absolute Gasteiger partial charge is 0.133 e. The van der Waals surface area contributed by atoms with Crippen LogP contribution < -0.4 is 0 Å². The molecule has 0 heterocycles. The lowest BCUT2D eigenvalue weighted by atomic mass is 9.47. The molecule has 0 bridgehead atoms. The summed E-state index contributed by atoms with van der Waals surface area (Å²) < 4.78 is 0. The summed E-state index contributed by atoms with van der Waals surface area (Å²) in [5.41, 5.74) is 4.37. The van der Waals surface area contributed by atoms with E-state index in [0.717, 1.165) is 42.9 Å². The average molecular weight is 411 g/mol. The van der Waals surface area contributed by atoms with Crippen molar-refractivity contribution in [1.82, 2.24) is 0 Å². The van der Waals surface area contributed by atoms with Gasteiger partial charge in [0, 0.05) is 12.8 Å². The lowest BCUT2D eigenvalue weighted by Crippen LogP contribution is -2.49. The summed E-state index contributed by atoms with van der Waals surface area (Å²) in [6, 6.07) is 0. The van der Waals surface area contributed by atoms with Crippen LogP contribution in [0.2, 0.25) is 0 Å². The van der Waals surface area contributed by atoms with E-state index in [0.29, 0.717) is 28.4 Å². The molecule has 168 valence electrons. The van der Waals surface area contributed by atoms with Gasteiger partial charge >= 0.3 is 0 Å². The molecular formula is C29H46O. The van der Waals surface area contributed by atoms with Crippen molar-refractivity contribution >= 4 is 5.78 Å². The molecule has 0 N–H and O–H groups in total.